The van der Waals surface area contributed by atoms with E-state index in [1.54, 1.807) is 24.3 Å². The van der Waals surface area contributed by atoms with Crippen LogP contribution in [0.1, 0.15) is 19.8 Å². The Bertz CT molecular complexity index is 457. The Morgan fingerprint density at radius 1 is 1.28 bits per heavy atom. The van der Waals surface area contributed by atoms with Gasteiger partial charge in [0, 0.05) is 11.7 Å². The molecule has 0 aliphatic heterocycles. The maximum Gasteiger partial charge on any atom is 0.240 e. The Morgan fingerprint density at radius 2 is 1.89 bits per heavy atom. The molecule has 0 aliphatic carbocycles. The predicted molar refractivity (Wildman–Crippen MR) is 74.1 cm³/mol. The average molecular weight is 271 g/mol. The quantitative estimate of drug-likeness (QED) is 0.694. The van der Waals surface area contributed by atoms with E-state index < -0.39 is 10.0 Å². The third-order valence-electron chi connectivity index (χ3n) is 2.81. The van der Waals surface area contributed by atoms with Crippen LogP contribution in [0.3, 0.4) is 0 Å². The van der Waals surface area contributed by atoms with Gasteiger partial charge in [0.1, 0.15) is 0 Å². The molecule has 1 aromatic carbocycles. The molecule has 1 unspecified atom stereocenters. The summed E-state index contributed by atoms with van der Waals surface area (Å²) in [6, 6.07) is 7.03. The van der Waals surface area contributed by atoms with Gasteiger partial charge in [0.2, 0.25) is 10.0 Å². The molecular formula is C12H21N3O2S. The maximum atomic E-state index is 11.5. The molecule has 4 N–H and O–H groups in total. The topological polar surface area (TPSA) is 84.2 Å². The molecule has 0 radical (unpaired) electrons. The van der Waals surface area contributed by atoms with Gasteiger partial charge in [-0.05, 0) is 50.7 Å². The van der Waals surface area contributed by atoms with Gasteiger partial charge in [-0.3, -0.25) is 0 Å². The maximum absolute atomic E-state index is 11.5. The minimum absolute atomic E-state index is 0.266. The molecule has 18 heavy (non-hydrogen) atoms. The van der Waals surface area contributed by atoms with Crippen LogP contribution in [0.25, 0.3) is 0 Å². The van der Waals surface area contributed by atoms with Crippen molar-refractivity contribution in [2.45, 2.75) is 30.7 Å². The van der Waals surface area contributed by atoms with Gasteiger partial charge in [0.05, 0.1) is 4.90 Å². The lowest BCUT2D eigenvalue weighted by molar-refractivity contribution is 0.588. The van der Waals surface area contributed by atoms with Crippen molar-refractivity contribution >= 4 is 15.7 Å². The number of rotatable bonds is 7. The van der Waals surface area contributed by atoms with E-state index in [1.165, 1.54) is 7.05 Å². The summed E-state index contributed by atoms with van der Waals surface area (Å²) in [6.45, 7) is 2.73. The average Bonchev–Trinajstić information content (AvgIpc) is 2.39. The first kappa shape index (κ1) is 14.9. The van der Waals surface area contributed by atoms with Gasteiger partial charge < -0.3 is 11.1 Å². The molecule has 1 atom stereocenters. The fraction of sp³-hybridized carbons (Fsp3) is 0.500. The number of sulfonamides is 1. The number of nitrogens with one attached hydrogen (secondary N) is 2. The molecule has 0 fully saturated rings. The van der Waals surface area contributed by atoms with E-state index >= 15 is 0 Å². The van der Waals surface area contributed by atoms with Crippen LogP contribution < -0.4 is 15.8 Å². The summed E-state index contributed by atoms with van der Waals surface area (Å²) in [4.78, 5) is 0.266. The van der Waals surface area contributed by atoms with Crippen LogP contribution in [0.15, 0.2) is 29.2 Å². The van der Waals surface area contributed by atoms with E-state index in [2.05, 4.69) is 17.0 Å². The zero-order valence-corrected chi connectivity index (χ0v) is 11.6. The number of anilines is 1. The summed E-state index contributed by atoms with van der Waals surface area (Å²) in [7, 11) is -1.96. The normalized spacial score (nSPS) is 13.3. The SMILES string of the molecule is CCC(CCN)Nc1ccc(S(=O)(=O)NC)cc1. The van der Waals surface area contributed by atoms with Gasteiger partial charge in [0.15, 0.2) is 0 Å². The van der Waals surface area contributed by atoms with Gasteiger partial charge >= 0.3 is 0 Å². The van der Waals surface area contributed by atoms with E-state index in [1.807, 2.05) is 0 Å². The van der Waals surface area contributed by atoms with Gasteiger partial charge in [-0.15, -0.1) is 0 Å². The number of hydrogen-bond acceptors (Lipinski definition) is 4. The molecule has 102 valence electrons. The highest BCUT2D eigenvalue weighted by molar-refractivity contribution is 7.89. The second kappa shape index (κ2) is 6.72. The highest BCUT2D eigenvalue weighted by atomic mass is 32.2. The zero-order chi connectivity index (χ0) is 13.6. The molecule has 0 saturated carbocycles. The number of nitrogens with two attached hydrogens (primary N) is 1. The largest absolute Gasteiger partial charge is 0.382 e. The van der Waals surface area contributed by atoms with Crippen molar-refractivity contribution in [2.24, 2.45) is 5.73 Å². The first-order valence-electron chi connectivity index (χ1n) is 6.03. The van der Waals surface area contributed by atoms with Crippen molar-refractivity contribution in [3.05, 3.63) is 24.3 Å². The van der Waals surface area contributed by atoms with E-state index in [0.29, 0.717) is 12.6 Å². The van der Waals surface area contributed by atoms with E-state index in [9.17, 15) is 8.42 Å². The molecular weight excluding hydrogens is 250 g/mol. The minimum atomic E-state index is -3.36. The minimum Gasteiger partial charge on any atom is -0.382 e. The number of hydrogen-bond donors (Lipinski definition) is 3. The van der Waals surface area contributed by atoms with Crippen molar-refractivity contribution in [3.8, 4) is 0 Å². The third-order valence-corrected chi connectivity index (χ3v) is 4.24. The molecule has 0 aromatic heterocycles. The van der Waals surface area contributed by atoms with Crippen molar-refractivity contribution in [3.63, 3.8) is 0 Å². The fourth-order valence-electron chi connectivity index (χ4n) is 1.66. The predicted octanol–water partition coefficient (Wildman–Crippen LogP) is 1.13. The third kappa shape index (κ3) is 3.97. The van der Waals surface area contributed by atoms with Crippen LogP contribution >= 0.6 is 0 Å². The summed E-state index contributed by atoms with van der Waals surface area (Å²) in [6.07, 6.45) is 1.88. The molecule has 0 amide bonds. The van der Waals surface area contributed by atoms with Crippen molar-refractivity contribution in [2.75, 3.05) is 18.9 Å². The van der Waals surface area contributed by atoms with Gasteiger partial charge in [-0.25, -0.2) is 13.1 Å². The van der Waals surface area contributed by atoms with Gasteiger partial charge in [-0.2, -0.15) is 0 Å². The summed E-state index contributed by atoms with van der Waals surface area (Å²) in [5.74, 6) is 0. The first-order chi connectivity index (χ1) is 8.53. The molecule has 0 spiro atoms. The molecule has 0 aliphatic rings. The van der Waals surface area contributed by atoms with Crippen molar-refractivity contribution in [1.29, 1.82) is 0 Å². The Morgan fingerprint density at radius 3 is 2.33 bits per heavy atom. The first-order valence-corrected chi connectivity index (χ1v) is 7.52. The monoisotopic (exact) mass is 271 g/mol. The molecule has 0 saturated heterocycles. The zero-order valence-electron chi connectivity index (χ0n) is 10.8. The fourth-order valence-corrected chi connectivity index (χ4v) is 2.39. The molecule has 1 rings (SSSR count). The highest BCUT2D eigenvalue weighted by Crippen LogP contribution is 2.15. The summed E-state index contributed by atoms with van der Waals surface area (Å²) in [5.41, 5.74) is 6.44. The molecule has 5 nitrogen and oxygen atoms in total. The van der Waals surface area contributed by atoms with E-state index in [4.69, 9.17) is 5.73 Å². The Hall–Kier alpha value is -1.11. The standard InChI is InChI=1S/C12H21N3O2S/c1-3-10(8-9-13)15-11-4-6-12(7-5-11)18(16,17)14-2/h4-7,10,14-15H,3,8-9,13H2,1-2H3. The van der Waals surface area contributed by atoms with Crippen LogP contribution in [0.5, 0.6) is 0 Å². The molecule has 0 heterocycles. The summed E-state index contributed by atoms with van der Waals surface area (Å²) >= 11 is 0. The molecule has 0 bridgehead atoms. The Balaban J connectivity index is 2.77. The van der Waals surface area contributed by atoms with Crippen molar-refractivity contribution < 1.29 is 8.42 Å². The van der Waals surface area contributed by atoms with Crippen molar-refractivity contribution in [1.82, 2.24) is 4.72 Å². The van der Waals surface area contributed by atoms with E-state index in [-0.39, 0.29) is 4.90 Å². The van der Waals surface area contributed by atoms with Crippen LogP contribution in [0.4, 0.5) is 5.69 Å². The Labute approximate surface area is 109 Å². The second-order valence-corrected chi connectivity index (χ2v) is 5.95. The van der Waals surface area contributed by atoms with Gasteiger partial charge in [0.25, 0.3) is 0 Å². The Kier molecular flexibility index (Phi) is 5.58. The summed E-state index contributed by atoms with van der Waals surface area (Å²) in [5, 5.41) is 3.33. The lowest BCUT2D eigenvalue weighted by Gasteiger charge is -2.17. The van der Waals surface area contributed by atoms with Crippen LogP contribution in [0, 0.1) is 0 Å². The number of benzene rings is 1. The van der Waals surface area contributed by atoms with Gasteiger partial charge in [-0.1, -0.05) is 6.92 Å². The molecule has 1 aromatic rings. The second-order valence-electron chi connectivity index (χ2n) is 4.06. The lowest BCUT2D eigenvalue weighted by Crippen LogP contribution is -2.22. The van der Waals surface area contributed by atoms with E-state index in [0.717, 1.165) is 18.5 Å². The van der Waals surface area contributed by atoms with Crippen LogP contribution in [-0.2, 0) is 10.0 Å². The smallest absolute Gasteiger partial charge is 0.240 e. The highest BCUT2D eigenvalue weighted by Gasteiger charge is 2.11. The van der Waals surface area contributed by atoms with Crippen LogP contribution in [-0.4, -0.2) is 28.1 Å². The summed E-state index contributed by atoms with van der Waals surface area (Å²) < 4.78 is 25.4. The molecule has 6 heteroatoms. The van der Waals surface area contributed by atoms with Crippen LogP contribution in [0.2, 0.25) is 0 Å². The lowest BCUT2D eigenvalue weighted by atomic mass is 10.1.